The van der Waals surface area contributed by atoms with E-state index in [9.17, 15) is 4.79 Å². The van der Waals surface area contributed by atoms with E-state index in [4.69, 9.17) is 10.5 Å². The van der Waals surface area contributed by atoms with Crippen LogP contribution in [-0.2, 0) is 9.53 Å². The minimum absolute atomic E-state index is 0.121. The summed E-state index contributed by atoms with van der Waals surface area (Å²) in [6.07, 6.45) is 2.42. The van der Waals surface area contributed by atoms with Gasteiger partial charge < -0.3 is 10.5 Å². The summed E-state index contributed by atoms with van der Waals surface area (Å²) in [6, 6.07) is 0. The largest absolute Gasteiger partial charge is 0.465 e. The third-order valence-electron chi connectivity index (χ3n) is 2.52. The molecule has 0 saturated heterocycles. The first-order valence-corrected chi connectivity index (χ1v) is 5.01. The van der Waals surface area contributed by atoms with E-state index < -0.39 is 0 Å². The first-order valence-electron chi connectivity index (χ1n) is 5.01. The fourth-order valence-electron chi connectivity index (χ4n) is 1.23. The Labute approximate surface area is 79.6 Å². The minimum Gasteiger partial charge on any atom is -0.465 e. The Morgan fingerprint density at radius 3 is 2.54 bits per heavy atom. The lowest BCUT2D eigenvalue weighted by Gasteiger charge is -2.16. The summed E-state index contributed by atoms with van der Waals surface area (Å²) in [4.78, 5) is 11.4. The number of esters is 1. The lowest BCUT2D eigenvalue weighted by molar-refractivity contribution is -0.150. The second-order valence-corrected chi connectivity index (χ2v) is 4.16. The first-order chi connectivity index (χ1) is 6.15. The molecular weight excluding hydrogens is 166 g/mol. The zero-order valence-corrected chi connectivity index (χ0v) is 8.45. The van der Waals surface area contributed by atoms with Crippen LogP contribution in [0.5, 0.6) is 0 Å². The lowest BCUT2D eigenvalue weighted by atomic mass is 9.96. The summed E-state index contributed by atoms with van der Waals surface area (Å²) >= 11 is 0. The van der Waals surface area contributed by atoms with Gasteiger partial charge in [0.25, 0.3) is 0 Å². The number of ether oxygens (including phenoxy) is 1. The molecule has 3 nitrogen and oxygen atoms in total. The molecule has 1 aliphatic rings. The molecule has 0 heterocycles. The highest BCUT2D eigenvalue weighted by Crippen LogP contribution is 2.29. The third kappa shape index (κ3) is 3.35. The molecule has 3 heteroatoms. The van der Waals surface area contributed by atoms with Crippen molar-refractivity contribution in [1.29, 1.82) is 0 Å². The topological polar surface area (TPSA) is 52.3 Å². The van der Waals surface area contributed by atoms with E-state index in [0.717, 1.165) is 0 Å². The summed E-state index contributed by atoms with van der Waals surface area (Å²) in [7, 11) is 0. The molecule has 0 spiro atoms. The van der Waals surface area contributed by atoms with Gasteiger partial charge in [-0.15, -0.1) is 0 Å². The molecule has 0 aromatic rings. The highest BCUT2D eigenvalue weighted by atomic mass is 16.5. The molecule has 13 heavy (non-hydrogen) atoms. The molecule has 0 bridgehead atoms. The maximum Gasteiger partial charge on any atom is 0.310 e. The van der Waals surface area contributed by atoms with Crippen molar-refractivity contribution in [3.05, 3.63) is 0 Å². The van der Waals surface area contributed by atoms with Gasteiger partial charge >= 0.3 is 5.97 Å². The summed E-state index contributed by atoms with van der Waals surface area (Å²) in [5.41, 5.74) is 5.50. The Hall–Kier alpha value is -0.570. The lowest BCUT2D eigenvalue weighted by Crippen LogP contribution is -2.30. The van der Waals surface area contributed by atoms with Crippen LogP contribution in [-0.4, -0.2) is 19.1 Å². The monoisotopic (exact) mass is 185 g/mol. The average Bonchev–Trinajstić information content (AvgIpc) is 2.84. The SMILES string of the molecule is CC(C)C(CN)C(=O)OCC1CC1. The van der Waals surface area contributed by atoms with Gasteiger partial charge in [0, 0.05) is 6.54 Å². The summed E-state index contributed by atoms with van der Waals surface area (Å²) in [6.45, 7) is 4.98. The van der Waals surface area contributed by atoms with Crippen LogP contribution >= 0.6 is 0 Å². The quantitative estimate of drug-likeness (QED) is 0.654. The van der Waals surface area contributed by atoms with Gasteiger partial charge in [-0.2, -0.15) is 0 Å². The van der Waals surface area contributed by atoms with Crippen LogP contribution in [0, 0.1) is 17.8 Å². The van der Waals surface area contributed by atoms with Crippen molar-refractivity contribution in [2.45, 2.75) is 26.7 Å². The molecule has 0 radical (unpaired) electrons. The fourth-order valence-corrected chi connectivity index (χ4v) is 1.23. The van der Waals surface area contributed by atoms with Gasteiger partial charge in [-0.1, -0.05) is 13.8 Å². The van der Waals surface area contributed by atoms with Crippen LogP contribution in [0.4, 0.5) is 0 Å². The maximum absolute atomic E-state index is 11.4. The molecule has 1 fully saturated rings. The van der Waals surface area contributed by atoms with E-state index >= 15 is 0 Å². The van der Waals surface area contributed by atoms with E-state index in [2.05, 4.69) is 0 Å². The summed E-state index contributed by atoms with van der Waals surface area (Å²) in [5.74, 6) is 0.661. The van der Waals surface area contributed by atoms with Gasteiger partial charge in [-0.3, -0.25) is 4.79 Å². The standard InChI is InChI=1S/C10H19NO2/c1-7(2)9(5-11)10(12)13-6-8-3-4-8/h7-9H,3-6,11H2,1-2H3. The molecule has 0 amide bonds. The highest BCUT2D eigenvalue weighted by molar-refractivity contribution is 5.73. The van der Waals surface area contributed by atoms with Crippen molar-refractivity contribution in [1.82, 2.24) is 0 Å². The second-order valence-electron chi connectivity index (χ2n) is 4.16. The van der Waals surface area contributed by atoms with E-state index in [1.165, 1.54) is 12.8 Å². The Bertz CT molecular complexity index is 176. The van der Waals surface area contributed by atoms with Gasteiger partial charge in [0.2, 0.25) is 0 Å². The van der Waals surface area contributed by atoms with Crippen LogP contribution in [0.2, 0.25) is 0 Å². The number of hydrogen-bond donors (Lipinski definition) is 1. The van der Waals surface area contributed by atoms with E-state index in [-0.39, 0.29) is 17.8 Å². The van der Waals surface area contributed by atoms with Gasteiger partial charge in [0.1, 0.15) is 0 Å². The molecular formula is C10H19NO2. The molecule has 1 aliphatic carbocycles. The van der Waals surface area contributed by atoms with Gasteiger partial charge in [0.15, 0.2) is 0 Å². The highest BCUT2D eigenvalue weighted by Gasteiger charge is 2.26. The zero-order chi connectivity index (χ0) is 9.84. The van der Waals surface area contributed by atoms with Crippen molar-refractivity contribution in [3.8, 4) is 0 Å². The van der Waals surface area contributed by atoms with Gasteiger partial charge in [-0.25, -0.2) is 0 Å². The van der Waals surface area contributed by atoms with Crippen molar-refractivity contribution < 1.29 is 9.53 Å². The smallest absolute Gasteiger partial charge is 0.310 e. The average molecular weight is 185 g/mol. The number of carbonyl (C=O) groups is 1. The van der Waals surface area contributed by atoms with E-state index in [1.807, 2.05) is 13.8 Å². The molecule has 0 aromatic heterocycles. The zero-order valence-electron chi connectivity index (χ0n) is 8.45. The molecule has 0 aromatic carbocycles. The number of nitrogens with two attached hydrogens (primary N) is 1. The van der Waals surface area contributed by atoms with E-state index in [1.54, 1.807) is 0 Å². The van der Waals surface area contributed by atoms with E-state index in [0.29, 0.717) is 19.1 Å². The number of rotatable bonds is 5. The molecule has 1 saturated carbocycles. The van der Waals surface area contributed by atoms with Gasteiger partial charge in [-0.05, 0) is 24.7 Å². The Morgan fingerprint density at radius 1 is 1.54 bits per heavy atom. The van der Waals surface area contributed by atoms with Crippen LogP contribution < -0.4 is 5.73 Å². The normalized spacial score (nSPS) is 18.8. The minimum atomic E-state index is -0.126. The molecule has 1 atom stereocenters. The van der Waals surface area contributed by atoms with Crippen molar-refractivity contribution >= 4 is 5.97 Å². The van der Waals surface area contributed by atoms with Crippen LogP contribution in [0.3, 0.4) is 0 Å². The van der Waals surface area contributed by atoms with Crippen molar-refractivity contribution in [2.75, 3.05) is 13.2 Å². The predicted octanol–water partition coefficient (Wildman–Crippen LogP) is 1.17. The molecule has 1 rings (SSSR count). The molecule has 76 valence electrons. The number of hydrogen-bond acceptors (Lipinski definition) is 3. The van der Waals surface area contributed by atoms with Crippen LogP contribution in [0.1, 0.15) is 26.7 Å². The third-order valence-corrected chi connectivity index (χ3v) is 2.52. The van der Waals surface area contributed by atoms with Crippen molar-refractivity contribution in [3.63, 3.8) is 0 Å². The molecule has 1 unspecified atom stereocenters. The Balaban J connectivity index is 2.25. The first kappa shape index (κ1) is 10.5. The Kier molecular flexibility index (Phi) is 3.72. The predicted molar refractivity (Wildman–Crippen MR) is 51.1 cm³/mol. The number of carbonyl (C=O) groups excluding carboxylic acids is 1. The summed E-state index contributed by atoms with van der Waals surface area (Å²) in [5, 5.41) is 0. The summed E-state index contributed by atoms with van der Waals surface area (Å²) < 4.78 is 5.16. The molecule has 0 aliphatic heterocycles. The van der Waals surface area contributed by atoms with Crippen LogP contribution in [0.15, 0.2) is 0 Å². The van der Waals surface area contributed by atoms with Crippen molar-refractivity contribution in [2.24, 2.45) is 23.5 Å². The second kappa shape index (κ2) is 4.61. The van der Waals surface area contributed by atoms with Gasteiger partial charge in [0.05, 0.1) is 12.5 Å². The Morgan fingerprint density at radius 2 is 2.15 bits per heavy atom. The fraction of sp³-hybridized carbons (Fsp3) is 0.900. The van der Waals surface area contributed by atoms with Crippen LogP contribution in [0.25, 0.3) is 0 Å². The maximum atomic E-state index is 11.4. The molecule has 2 N–H and O–H groups in total.